The summed E-state index contributed by atoms with van der Waals surface area (Å²) in [6.07, 6.45) is 4.69. The minimum atomic E-state index is -0.298. The molecule has 3 saturated heterocycles. The van der Waals surface area contributed by atoms with E-state index in [4.69, 9.17) is 19.0 Å². The molecule has 3 atom stereocenters. The van der Waals surface area contributed by atoms with Crippen LogP contribution in [0.3, 0.4) is 0 Å². The van der Waals surface area contributed by atoms with Crippen LogP contribution in [0.5, 0.6) is 17.2 Å². The Labute approximate surface area is 261 Å². The van der Waals surface area contributed by atoms with Crippen LogP contribution in [0, 0.1) is 0 Å². The Bertz CT molecular complexity index is 1700. The van der Waals surface area contributed by atoms with Crippen LogP contribution < -0.4 is 30.1 Å². The van der Waals surface area contributed by atoms with Crippen molar-refractivity contribution in [3.63, 3.8) is 0 Å². The van der Waals surface area contributed by atoms with Crippen molar-refractivity contribution < 1.29 is 23.8 Å². The van der Waals surface area contributed by atoms with Gasteiger partial charge < -0.3 is 29.7 Å². The van der Waals surface area contributed by atoms with Crippen molar-refractivity contribution in [3.05, 3.63) is 97.3 Å². The number of rotatable bonds is 10. The van der Waals surface area contributed by atoms with Crippen molar-refractivity contribution in [3.8, 4) is 17.2 Å². The zero-order chi connectivity index (χ0) is 30.8. The first kappa shape index (κ1) is 28.6. The standard InChI is InChI=1S/C34H34N6O5/c1-3-34(41)38-27-16-28(31(42-2)17-30(27)39-19-26-15-23(39)20-43-26)37-32-18-33(36-21-35-32)40-29(12-13-44-40)22-8-7-11-25(14-22)45-24-9-5-4-6-10-24/h3-11,14,16-18,21,23,26,29H,1,12-13,15,19-20H2,2H3,(H,38,41)(H,35,36,37)/t23-,26-,29?/m1/s1. The quantitative estimate of drug-likeness (QED) is 0.208. The maximum atomic E-state index is 12.4. The summed E-state index contributed by atoms with van der Waals surface area (Å²) >= 11 is 0. The Morgan fingerprint density at radius 3 is 2.69 bits per heavy atom. The monoisotopic (exact) mass is 606 g/mol. The fourth-order valence-corrected chi connectivity index (χ4v) is 6.13. The van der Waals surface area contributed by atoms with Gasteiger partial charge in [0.1, 0.15) is 29.4 Å². The first-order valence-corrected chi connectivity index (χ1v) is 15.0. The van der Waals surface area contributed by atoms with Crippen molar-refractivity contribution in [1.29, 1.82) is 0 Å². The summed E-state index contributed by atoms with van der Waals surface area (Å²) < 4.78 is 17.7. The summed E-state index contributed by atoms with van der Waals surface area (Å²) in [7, 11) is 1.62. The molecule has 3 aromatic carbocycles. The Morgan fingerprint density at radius 2 is 1.91 bits per heavy atom. The smallest absolute Gasteiger partial charge is 0.247 e. The highest BCUT2D eigenvalue weighted by molar-refractivity contribution is 6.02. The number of benzene rings is 3. The molecule has 3 aliphatic heterocycles. The molecule has 1 aromatic heterocycles. The molecule has 2 bridgehead atoms. The number of fused-ring (bicyclic) bond motifs is 2. The molecule has 230 valence electrons. The number of amides is 1. The first-order valence-electron chi connectivity index (χ1n) is 15.0. The lowest BCUT2D eigenvalue weighted by atomic mass is 10.0. The van der Waals surface area contributed by atoms with E-state index in [1.54, 1.807) is 7.11 Å². The van der Waals surface area contributed by atoms with Crippen molar-refractivity contribution in [2.75, 3.05) is 47.5 Å². The van der Waals surface area contributed by atoms with Crippen LogP contribution in [0.2, 0.25) is 0 Å². The van der Waals surface area contributed by atoms with Gasteiger partial charge in [0.25, 0.3) is 0 Å². The summed E-state index contributed by atoms with van der Waals surface area (Å²) in [6, 6.07) is 23.5. The topological polar surface area (TPSA) is 110 Å². The maximum absolute atomic E-state index is 12.4. The molecule has 0 radical (unpaired) electrons. The van der Waals surface area contributed by atoms with Crippen molar-refractivity contribution in [2.24, 2.45) is 0 Å². The van der Waals surface area contributed by atoms with Crippen molar-refractivity contribution >= 4 is 34.6 Å². The molecule has 4 aromatic rings. The van der Waals surface area contributed by atoms with Crippen LogP contribution in [0.4, 0.5) is 28.7 Å². The van der Waals surface area contributed by atoms with Gasteiger partial charge >= 0.3 is 0 Å². The highest BCUT2D eigenvalue weighted by Crippen LogP contribution is 2.43. The second-order valence-corrected chi connectivity index (χ2v) is 11.1. The van der Waals surface area contributed by atoms with E-state index in [-0.39, 0.29) is 24.1 Å². The predicted molar refractivity (Wildman–Crippen MR) is 171 cm³/mol. The van der Waals surface area contributed by atoms with Gasteiger partial charge in [0, 0.05) is 25.1 Å². The molecule has 4 heterocycles. The van der Waals surface area contributed by atoms with Gasteiger partial charge in [0.05, 0.1) is 55.6 Å². The number of methoxy groups -OCH3 is 1. The van der Waals surface area contributed by atoms with E-state index in [9.17, 15) is 4.79 Å². The fourth-order valence-electron chi connectivity index (χ4n) is 6.13. The predicted octanol–water partition coefficient (Wildman–Crippen LogP) is 6.01. The summed E-state index contributed by atoms with van der Waals surface area (Å²) in [4.78, 5) is 29.7. The van der Waals surface area contributed by atoms with Crippen LogP contribution in [0.1, 0.15) is 24.4 Å². The van der Waals surface area contributed by atoms with Crippen LogP contribution in [0.15, 0.2) is 91.8 Å². The van der Waals surface area contributed by atoms with Gasteiger partial charge in [-0.15, -0.1) is 0 Å². The average Bonchev–Trinajstić information content (AvgIpc) is 3.84. The van der Waals surface area contributed by atoms with Crippen LogP contribution in [-0.2, 0) is 14.4 Å². The molecule has 0 aliphatic carbocycles. The van der Waals surface area contributed by atoms with Crippen molar-refractivity contribution in [1.82, 2.24) is 9.97 Å². The largest absolute Gasteiger partial charge is 0.494 e. The molecule has 45 heavy (non-hydrogen) atoms. The summed E-state index contributed by atoms with van der Waals surface area (Å²) in [5.74, 6) is 2.98. The first-order chi connectivity index (χ1) is 22.1. The van der Waals surface area contributed by atoms with E-state index in [0.717, 1.165) is 42.1 Å². The zero-order valence-corrected chi connectivity index (χ0v) is 24.9. The average molecular weight is 607 g/mol. The van der Waals surface area contributed by atoms with Gasteiger partial charge in [0.15, 0.2) is 5.82 Å². The molecule has 11 nitrogen and oxygen atoms in total. The van der Waals surface area contributed by atoms with Gasteiger partial charge in [-0.05, 0) is 48.4 Å². The molecule has 1 unspecified atom stereocenters. The van der Waals surface area contributed by atoms with Crippen LogP contribution in [0.25, 0.3) is 0 Å². The van der Waals surface area contributed by atoms with Gasteiger partial charge in [-0.25, -0.2) is 15.0 Å². The number of carbonyl (C=O) groups excluding carboxylic acids is 1. The Hall–Kier alpha value is -5.13. The number of nitrogens with zero attached hydrogens (tertiary/aromatic N) is 4. The number of hydrogen-bond donors (Lipinski definition) is 2. The molecule has 1 amide bonds. The van der Waals surface area contributed by atoms with E-state index in [0.29, 0.717) is 42.0 Å². The third-order valence-corrected chi connectivity index (χ3v) is 8.24. The number of hydrogen-bond acceptors (Lipinski definition) is 10. The second kappa shape index (κ2) is 12.5. The van der Waals surface area contributed by atoms with E-state index in [1.807, 2.05) is 71.8 Å². The molecular weight excluding hydrogens is 572 g/mol. The fraction of sp³-hybridized carbons (Fsp3) is 0.265. The number of ether oxygens (including phenoxy) is 3. The van der Waals surface area contributed by atoms with Crippen molar-refractivity contribution in [2.45, 2.75) is 31.0 Å². The minimum Gasteiger partial charge on any atom is -0.494 e. The molecule has 2 N–H and O–H groups in total. The molecule has 11 heteroatoms. The highest BCUT2D eigenvalue weighted by Gasteiger charge is 2.40. The molecular formula is C34H34N6O5. The zero-order valence-electron chi connectivity index (χ0n) is 24.9. The molecule has 0 spiro atoms. The molecule has 0 saturated carbocycles. The van der Waals surface area contributed by atoms with E-state index >= 15 is 0 Å². The van der Waals surface area contributed by atoms with Gasteiger partial charge in [0.2, 0.25) is 5.91 Å². The highest BCUT2D eigenvalue weighted by atomic mass is 16.7. The van der Waals surface area contributed by atoms with E-state index < -0.39 is 0 Å². The lowest BCUT2D eigenvalue weighted by Crippen LogP contribution is -2.37. The molecule has 3 fully saturated rings. The summed E-state index contributed by atoms with van der Waals surface area (Å²) in [5.41, 5.74) is 3.20. The van der Waals surface area contributed by atoms with E-state index in [2.05, 4.69) is 38.1 Å². The number of anilines is 5. The number of hydroxylamine groups is 1. The third-order valence-electron chi connectivity index (χ3n) is 8.24. The van der Waals surface area contributed by atoms with Gasteiger partial charge in [-0.2, -0.15) is 0 Å². The molecule has 3 aliphatic rings. The third kappa shape index (κ3) is 6.00. The molecule has 7 rings (SSSR count). The number of morpholine rings is 1. The SMILES string of the molecule is C=CC(=O)Nc1cc(Nc2cc(N3OCCC3c3cccc(Oc4ccccc4)c3)ncn2)c(OC)cc1N1C[C@H]2C[C@@H]1CO2. The normalized spacial score (nSPS) is 20.2. The second-order valence-electron chi connectivity index (χ2n) is 11.1. The number of para-hydroxylation sites is 1. The lowest BCUT2D eigenvalue weighted by Gasteiger charge is -2.31. The van der Waals surface area contributed by atoms with Crippen LogP contribution in [-0.4, -0.2) is 54.9 Å². The number of aromatic nitrogens is 2. The number of nitrogens with one attached hydrogen (secondary N) is 2. The van der Waals surface area contributed by atoms with Crippen LogP contribution >= 0.6 is 0 Å². The Balaban J connectivity index is 1.14. The maximum Gasteiger partial charge on any atom is 0.247 e. The van der Waals surface area contributed by atoms with Gasteiger partial charge in [-0.3, -0.25) is 9.63 Å². The minimum absolute atomic E-state index is 0.0682. The Morgan fingerprint density at radius 1 is 1.04 bits per heavy atom. The van der Waals surface area contributed by atoms with E-state index in [1.165, 1.54) is 12.4 Å². The lowest BCUT2D eigenvalue weighted by molar-refractivity contribution is -0.111. The Kier molecular flexibility index (Phi) is 7.93. The number of carbonyl (C=O) groups is 1. The van der Waals surface area contributed by atoms with Gasteiger partial charge in [-0.1, -0.05) is 36.9 Å². The summed E-state index contributed by atoms with van der Waals surface area (Å²) in [5, 5.41) is 8.15. The summed E-state index contributed by atoms with van der Waals surface area (Å²) in [6.45, 7) is 5.58.